The Labute approximate surface area is 177 Å². The summed E-state index contributed by atoms with van der Waals surface area (Å²) in [6, 6.07) is 13.8. The molecule has 6 nitrogen and oxygen atoms in total. The largest absolute Gasteiger partial charge is 0.453 e. The van der Waals surface area contributed by atoms with Crippen LogP contribution >= 0.6 is 0 Å². The highest BCUT2D eigenvalue weighted by atomic mass is 16.5. The van der Waals surface area contributed by atoms with Crippen LogP contribution in [0.3, 0.4) is 0 Å². The van der Waals surface area contributed by atoms with Gasteiger partial charge in [0.15, 0.2) is 5.76 Å². The van der Waals surface area contributed by atoms with Crippen molar-refractivity contribution in [1.29, 1.82) is 0 Å². The van der Waals surface area contributed by atoms with Crippen molar-refractivity contribution in [3.63, 3.8) is 0 Å². The van der Waals surface area contributed by atoms with E-state index in [4.69, 9.17) is 9.15 Å². The Bertz CT molecular complexity index is 868. The molecule has 1 unspecified atom stereocenters. The van der Waals surface area contributed by atoms with E-state index >= 15 is 0 Å². The van der Waals surface area contributed by atoms with Gasteiger partial charge in [-0.05, 0) is 55.2 Å². The van der Waals surface area contributed by atoms with Crippen LogP contribution in [0, 0.1) is 11.3 Å². The van der Waals surface area contributed by atoms with Crippen LogP contribution in [0.15, 0.2) is 46.9 Å². The highest BCUT2D eigenvalue weighted by Gasteiger charge is 2.58. The molecule has 1 spiro atoms. The fourth-order valence-corrected chi connectivity index (χ4v) is 4.57. The number of piperidine rings is 1. The first-order chi connectivity index (χ1) is 14.6. The van der Waals surface area contributed by atoms with E-state index in [1.54, 1.807) is 19.2 Å². The van der Waals surface area contributed by atoms with Gasteiger partial charge in [0, 0.05) is 32.7 Å². The maximum atomic E-state index is 12.7. The van der Waals surface area contributed by atoms with Crippen LogP contribution in [0.25, 0.3) is 0 Å². The van der Waals surface area contributed by atoms with E-state index in [9.17, 15) is 9.59 Å². The van der Waals surface area contributed by atoms with Gasteiger partial charge in [-0.2, -0.15) is 0 Å². The number of nitrogens with one attached hydrogen (secondary N) is 1. The van der Waals surface area contributed by atoms with E-state index in [1.807, 2.05) is 23.1 Å². The van der Waals surface area contributed by atoms with Crippen molar-refractivity contribution in [2.24, 2.45) is 11.3 Å². The minimum Gasteiger partial charge on any atom is -0.453 e. The average molecular weight is 411 g/mol. The molecule has 4 rings (SSSR count). The van der Waals surface area contributed by atoms with Crippen molar-refractivity contribution in [2.45, 2.75) is 38.7 Å². The molecular formula is C24H30N2O4. The number of ether oxygens (including phenoxy) is 1. The second kappa shape index (κ2) is 9.04. The van der Waals surface area contributed by atoms with Gasteiger partial charge in [-0.1, -0.05) is 30.3 Å². The minimum absolute atomic E-state index is 0.0743. The van der Waals surface area contributed by atoms with Gasteiger partial charge in [0.05, 0.1) is 0 Å². The monoisotopic (exact) mass is 410 g/mol. The Balaban J connectivity index is 1.19. The average Bonchev–Trinajstić information content (AvgIpc) is 3.26. The second-order valence-electron chi connectivity index (χ2n) is 8.49. The number of amides is 2. The summed E-state index contributed by atoms with van der Waals surface area (Å²) in [6.45, 7) is 2.43. The van der Waals surface area contributed by atoms with Crippen molar-refractivity contribution >= 4 is 11.8 Å². The van der Waals surface area contributed by atoms with Crippen molar-refractivity contribution in [2.75, 3.05) is 26.7 Å². The lowest BCUT2D eigenvalue weighted by Crippen LogP contribution is -2.40. The van der Waals surface area contributed by atoms with Crippen LogP contribution in [0.5, 0.6) is 0 Å². The molecular weight excluding hydrogens is 380 g/mol. The van der Waals surface area contributed by atoms with Crippen LogP contribution < -0.4 is 5.32 Å². The van der Waals surface area contributed by atoms with Crippen LogP contribution in [0.2, 0.25) is 0 Å². The summed E-state index contributed by atoms with van der Waals surface area (Å²) in [5.74, 6) is 1.22. The zero-order valence-electron chi connectivity index (χ0n) is 17.6. The normalized spacial score (nSPS) is 19.6. The number of furan rings is 1. The van der Waals surface area contributed by atoms with E-state index in [1.165, 1.54) is 5.56 Å². The smallest absolute Gasteiger partial charge is 0.289 e. The summed E-state index contributed by atoms with van der Waals surface area (Å²) in [7, 11) is 1.60. The van der Waals surface area contributed by atoms with Gasteiger partial charge in [-0.15, -0.1) is 0 Å². The van der Waals surface area contributed by atoms with Gasteiger partial charge in [0.25, 0.3) is 5.91 Å². The number of hydrogen-bond donors (Lipinski definition) is 1. The van der Waals surface area contributed by atoms with Crippen LogP contribution in [-0.4, -0.2) is 43.5 Å². The van der Waals surface area contributed by atoms with E-state index in [0.29, 0.717) is 37.8 Å². The zero-order chi connectivity index (χ0) is 21.0. The molecule has 1 atom stereocenters. The van der Waals surface area contributed by atoms with E-state index < -0.39 is 0 Å². The van der Waals surface area contributed by atoms with E-state index in [2.05, 4.69) is 17.4 Å². The Kier molecular flexibility index (Phi) is 6.23. The minimum atomic E-state index is -0.0743. The number of benzene rings is 1. The Morgan fingerprint density at radius 1 is 1.17 bits per heavy atom. The molecule has 1 N–H and O–H groups in total. The predicted molar refractivity (Wildman–Crippen MR) is 113 cm³/mol. The third kappa shape index (κ3) is 4.59. The number of methoxy groups -OCH3 is 1. The molecule has 2 heterocycles. The Morgan fingerprint density at radius 2 is 1.93 bits per heavy atom. The lowest BCUT2D eigenvalue weighted by molar-refractivity contribution is -0.123. The number of hydrogen-bond acceptors (Lipinski definition) is 4. The highest BCUT2D eigenvalue weighted by Crippen LogP contribution is 2.59. The lowest BCUT2D eigenvalue weighted by Gasteiger charge is -2.32. The first-order valence-corrected chi connectivity index (χ1v) is 10.8. The predicted octanol–water partition coefficient (Wildman–Crippen LogP) is 3.42. The summed E-state index contributed by atoms with van der Waals surface area (Å²) >= 11 is 0. The standard InChI is InChI=1S/C24H30N2O4/c1-29-17-19-9-10-21(30-19)23(28)26-14-11-24(12-15-26)16-20(24)22(27)25-13-5-8-18-6-3-2-4-7-18/h2-4,6-7,9-10,20H,5,8,11-17H2,1H3,(H,25,27). The summed E-state index contributed by atoms with van der Waals surface area (Å²) in [6.07, 6.45) is 4.64. The summed E-state index contributed by atoms with van der Waals surface area (Å²) < 4.78 is 10.6. The van der Waals surface area contributed by atoms with E-state index in [0.717, 1.165) is 32.1 Å². The molecule has 6 heteroatoms. The number of carbonyl (C=O) groups excluding carboxylic acids is 2. The molecule has 2 aliphatic rings. The highest BCUT2D eigenvalue weighted by molar-refractivity contribution is 5.91. The van der Waals surface area contributed by atoms with Gasteiger partial charge in [-0.3, -0.25) is 9.59 Å². The van der Waals surface area contributed by atoms with E-state index in [-0.39, 0.29) is 23.1 Å². The van der Waals surface area contributed by atoms with Gasteiger partial charge >= 0.3 is 0 Å². The molecule has 1 saturated heterocycles. The molecule has 1 saturated carbocycles. The number of carbonyl (C=O) groups is 2. The Morgan fingerprint density at radius 3 is 2.67 bits per heavy atom. The maximum Gasteiger partial charge on any atom is 0.289 e. The molecule has 1 aromatic heterocycles. The van der Waals surface area contributed by atoms with Gasteiger partial charge < -0.3 is 19.4 Å². The van der Waals surface area contributed by atoms with Crippen molar-refractivity contribution in [3.05, 3.63) is 59.5 Å². The molecule has 0 bridgehead atoms. The van der Waals surface area contributed by atoms with Crippen molar-refractivity contribution in [1.82, 2.24) is 10.2 Å². The molecule has 2 aromatic rings. The van der Waals surface area contributed by atoms with Gasteiger partial charge in [-0.25, -0.2) is 0 Å². The quantitative estimate of drug-likeness (QED) is 0.677. The number of nitrogens with zero attached hydrogens (tertiary/aromatic N) is 1. The lowest BCUT2D eigenvalue weighted by atomic mass is 9.90. The van der Waals surface area contributed by atoms with Crippen molar-refractivity contribution in [3.8, 4) is 0 Å². The summed E-state index contributed by atoms with van der Waals surface area (Å²) in [5, 5.41) is 3.11. The SMILES string of the molecule is COCc1ccc(C(=O)N2CCC3(CC2)CC3C(=O)NCCCc2ccccc2)o1. The molecule has 1 aliphatic carbocycles. The van der Waals surface area contributed by atoms with Crippen LogP contribution in [0.4, 0.5) is 0 Å². The van der Waals surface area contributed by atoms with Crippen LogP contribution in [0.1, 0.15) is 47.6 Å². The summed E-state index contributed by atoms with van der Waals surface area (Å²) in [4.78, 5) is 27.1. The van der Waals surface area contributed by atoms with Gasteiger partial charge in [0.1, 0.15) is 12.4 Å². The third-order valence-electron chi connectivity index (χ3n) is 6.50. The molecule has 2 amide bonds. The molecule has 0 radical (unpaired) electrons. The first kappa shape index (κ1) is 20.7. The second-order valence-corrected chi connectivity index (χ2v) is 8.49. The third-order valence-corrected chi connectivity index (χ3v) is 6.50. The van der Waals surface area contributed by atoms with Gasteiger partial charge in [0.2, 0.25) is 5.91 Å². The molecule has 30 heavy (non-hydrogen) atoms. The molecule has 1 aromatic carbocycles. The Hall–Kier alpha value is -2.60. The fourth-order valence-electron chi connectivity index (χ4n) is 4.57. The molecule has 2 fully saturated rings. The number of likely N-dealkylation sites (tertiary alicyclic amines) is 1. The van der Waals surface area contributed by atoms with Crippen LogP contribution in [-0.2, 0) is 22.6 Å². The fraction of sp³-hybridized carbons (Fsp3) is 0.500. The summed E-state index contributed by atoms with van der Waals surface area (Å²) in [5.41, 5.74) is 1.39. The molecule has 160 valence electrons. The van der Waals surface area contributed by atoms with Crippen molar-refractivity contribution < 1.29 is 18.7 Å². The molecule has 1 aliphatic heterocycles. The first-order valence-electron chi connectivity index (χ1n) is 10.8. The number of rotatable bonds is 8. The maximum absolute atomic E-state index is 12.7. The topological polar surface area (TPSA) is 71.8 Å². The zero-order valence-corrected chi connectivity index (χ0v) is 17.6. The number of aryl methyl sites for hydroxylation is 1.